The molecule has 2 nitrogen and oxygen atoms in total. The molecular formula is C16H28N2. The van der Waals surface area contributed by atoms with Crippen LogP contribution in [0.4, 0.5) is 0 Å². The Morgan fingerprint density at radius 2 is 1.83 bits per heavy atom. The number of benzene rings is 1. The largest absolute Gasteiger partial charge is 0.310 e. The molecule has 0 bridgehead atoms. The van der Waals surface area contributed by atoms with E-state index in [0.29, 0.717) is 12.0 Å². The van der Waals surface area contributed by atoms with Crippen molar-refractivity contribution in [3.05, 3.63) is 35.9 Å². The third kappa shape index (κ3) is 4.79. The Labute approximate surface area is 112 Å². The molecular weight excluding hydrogens is 220 g/mol. The molecule has 0 spiro atoms. The van der Waals surface area contributed by atoms with Gasteiger partial charge in [0.15, 0.2) is 0 Å². The molecule has 2 heteroatoms. The summed E-state index contributed by atoms with van der Waals surface area (Å²) in [6, 6.07) is 11.2. The van der Waals surface area contributed by atoms with Crippen molar-refractivity contribution in [3.8, 4) is 0 Å². The van der Waals surface area contributed by atoms with Crippen LogP contribution in [0.3, 0.4) is 0 Å². The van der Waals surface area contributed by atoms with E-state index in [2.05, 4.69) is 68.4 Å². The van der Waals surface area contributed by atoms with Gasteiger partial charge in [0, 0.05) is 12.6 Å². The van der Waals surface area contributed by atoms with Gasteiger partial charge in [0.2, 0.25) is 0 Å². The minimum atomic E-state index is 0.454. The van der Waals surface area contributed by atoms with Crippen LogP contribution < -0.4 is 5.32 Å². The fraction of sp³-hybridized carbons (Fsp3) is 0.625. The van der Waals surface area contributed by atoms with Crippen LogP contribution in [0.25, 0.3) is 0 Å². The van der Waals surface area contributed by atoms with Crippen molar-refractivity contribution < 1.29 is 0 Å². The van der Waals surface area contributed by atoms with Crippen LogP contribution in [-0.4, -0.2) is 31.6 Å². The van der Waals surface area contributed by atoms with E-state index in [9.17, 15) is 0 Å². The van der Waals surface area contributed by atoms with Crippen LogP contribution in [0.2, 0.25) is 0 Å². The zero-order valence-corrected chi connectivity index (χ0v) is 12.3. The zero-order chi connectivity index (χ0) is 13.4. The molecule has 2 atom stereocenters. The monoisotopic (exact) mass is 248 g/mol. The Bertz CT molecular complexity index is 310. The van der Waals surface area contributed by atoms with Gasteiger partial charge >= 0.3 is 0 Å². The molecule has 0 aliphatic rings. The second kappa shape index (κ2) is 8.28. The molecule has 0 aromatic heterocycles. The fourth-order valence-electron chi connectivity index (χ4n) is 2.60. The van der Waals surface area contributed by atoms with E-state index in [1.165, 1.54) is 18.5 Å². The summed E-state index contributed by atoms with van der Waals surface area (Å²) >= 11 is 0. The maximum atomic E-state index is 3.62. The lowest BCUT2D eigenvalue weighted by molar-refractivity contribution is 0.248. The molecule has 1 aromatic carbocycles. The van der Waals surface area contributed by atoms with Crippen LogP contribution in [-0.2, 0) is 0 Å². The van der Waals surface area contributed by atoms with Crippen molar-refractivity contribution in [2.75, 3.05) is 26.7 Å². The van der Waals surface area contributed by atoms with Gasteiger partial charge in [-0.3, -0.25) is 0 Å². The minimum Gasteiger partial charge on any atom is -0.310 e. The second-order valence-corrected chi connectivity index (χ2v) is 5.19. The number of rotatable bonds is 8. The number of nitrogens with one attached hydrogen (secondary N) is 1. The van der Waals surface area contributed by atoms with Crippen LogP contribution in [0.1, 0.15) is 38.8 Å². The van der Waals surface area contributed by atoms with E-state index in [1.807, 2.05) is 0 Å². The van der Waals surface area contributed by atoms with E-state index < -0.39 is 0 Å². The average Bonchev–Trinajstić information content (AvgIpc) is 2.37. The Balaban J connectivity index is 2.66. The first-order chi connectivity index (χ1) is 8.69. The summed E-state index contributed by atoms with van der Waals surface area (Å²) in [6.45, 7) is 10.1. The second-order valence-electron chi connectivity index (χ2n) is 5.19. The van der Waals surface area contributed by atoms with Crippen LogP contribution in [0.15, 0.2) is 30.3 Å². The first-order valence-electron chi connectivity index (χ1n) is 7.15. The molecule has 0 aliphatic carbocycles. The van der Waals surface area contributed by atoms with E-state index in [1.54, 1.807) is 0 Å². The molecule has 0 aliphatic heterocycles. The van der Waals surface area contributed by atoms with Crippen molar-refractivity contribution in [1.82, 2.24) is 10.2 Å². The van der Waals surface area contributed by atoms with Gasteiger partial charge in [-0.05, 0) is 38.0 Å². The molecule has 0 heterocycles. The normalized spacial score (nSPS) is 14.7. The summed E-state index contributed by atoms with van der Waals surface area (Å²) in [5.41, 5.74) is 1.40. The predicted octanol–water partition coefficient (Wildman–Crippen LogP) is 3.32. The standard InChI is InChI=1S/C16H28N2/c1-5-12-18(4)13-14(3)16(17-6-2)15-10-8-7-9-11-15/h7-11,14,16-17H,5-6,12-13H2,1-4H3. The molecule has 18 heavy (non-hydrogen) atoms. The van der Waals surface area contributed by atoms with Crippen LogP contribution in [0.5, 0.6) is 0 Å². The van der Waals surface area contributed by atoms with Crippen LogP contribution in [0, 0.1) is 5.92 Å². The Morgan fingerprint density at radius 3 is 2.39 bits per heavy atom. The van der Waals surface area contributed by atoms with Crippen molar-refractivity contribution in [2.24, 2.45) is 5.92 Å². The fourth-order valence-corrected chi connectivity index (χ4v) is 2.60. The van der Waals surface area contributed by atoms with E-state index in [0.717, 1.165) is 13.1 Å². The molecule has 0 radical (unpaired) electrons. The summed E-state index contributed by atoms with van der Waals surface area (Å²) in [5, 5.41) is 3.62. The van der Waals surface area contributed by atoms with Gasteiger partial charge in [0.1, 0.15) is 0 Å². The van der Waals surface area contributed by atoms with Crippen molar-refractivity contribution in [2.45, 2.75) is 33.2 Å². The Kier molecular flexibility index (Phi) is 6.99. The summed E-state index contributed by atoms with van der Waals surface area (Å²) in [5.74, 6) is 0.615. The quantitative estimate of drug-likeness (QED) is 0.759. The van der Waals surface area contributed by atoms with E-state index in [-0.39, 0.29) is 0 Å². The van der Waals surface area contributed by atoms with Gasteiger partial charge < -0.3 is 10.2 Å². The molecule has 1 N–H and O–H groups in total. The third-order valence-corrected chi connectivity index (χ3v) is 3.36. The van der Waals surface area contributed by atoms with E-state index in [4.69, 9.17) is 0 Å². The molecule has 1 rings (SSSR count). The van der Waals surface area contributed by atoms with E-state index >= 15 is 0 Å². The highest BCUT2D eigenvalue weighted by molar-refractivity contribution is 5.19. The molecule has 0 saturated carbocycles. The maximum Gasteiger partial charge on any atom is 0.0358 e. The highest BCUT2D eigenvalue weighted by atomic mass is 15.1. The van der Waals surface area contributed by atoms with Crippen molar-refractivity contribution in [3.63, 3.8) is 0 Å². The number of hydrogen-bond donors (Lipinski definition) is 1. The highest BCUT2D eigenvalue weighted by Gasteiger charge is 2.19. The SMILES string of the molecule is CCCN(C)CC(C)C(NCC)c1ccccc1. The molecule has 2 unspecified atom stereocenters. The smallest absolute Gasteiger partial charge is 0.0358 e. The Morgan fingerprint density at radius 1 is 1.17 bits per heavy atom. The van der Waals surface area contributed by atoms with Gasteiger partial charge in [-0.1, -0.05) is 51.1 Å². The van der Waals surface area contributed by atoms with Crippen molar-refractivity contribution >= 4 is 0 Å². The lowest BCUT2D eigenvalue weighted by Crippen LogP contribution is -2.34. The maximum absolute atomic E-state index is 3.62. The molecule has 1 aromatic rings. The summed E-state index contributed by atoms with van der Waals surface area (Å²) in [7, 11) is 2.22. The third-order valence-electron chi connectivity index (χ3n) is 3.36. The number of hydrogen-bond acceptors (Lipinski definition) is 2. The van der Waals surface area contributed by atoms with Gasteiger partial charge in [-0.2, -0.15) is 0 Å². The van der Waals surface area contributed by atoms with Gasteiger partial charge in [-0.15, -0.1) is 0 Å². The topological polar surface area (TPSA) is 15.3 Å². The lowest BCUT2D eigenvalue weighted by Gasteiger charge is -2.29. The van der Waals surface area contributed by atoms with Gasteiger partial charge in [-0.25, -0.2) is 0 Å². The average molecular weight is 248 g/mol. The summed E-state index contributed by atoms with van der Waals surface area (Å²) < 4.78 is 0. The van der Waals surface area contributed by atoms with Gasteiger partial charge in [0.25, 0.3) is 0 Å². The van der Waals surface area contributed by atoms with Gasteiger partial charge in [0.05, 0.1) is 0 Å². The Hall–Kier alpha value is -0.860. The van der Waals surface area contributed by atoms with Crippen LogP contribution >= 0.6 is 0 Å². The summed E-state index contributed by atoms with van der Waals surface area (Å²) in [4.78, 5) is 2.43. The zero-order valence-electron chi connectivity index (χ0n) is 12.3. The first kappa shape index (κ1) is 15.2. The molecule has 0 fully saturated rings. The summed E-state index contributed by atoms with van der Waals surface area (Å²) in [6.07, 6.45) is 1.22. The highest BCUT2D eigenvalue weighted by Crippen LogP contribution is 2.22. The molecule has 0 saturated heterocycles. The van der Waals surface area contributed by atoms with Crippen molar-refractivity contribution in [1.29, 1.82) is 0 Å². The minimum absolute atomic E-state index is 0.454. The number of nitrogens with zero attached hydrogens (tertiary/aromatic N) is 1. The molecule has 0 amide bonds. The lowest BCUT2D eigenvalue weighted by atomic mass is 9.94. The predicted molar refractivity (Wildman–Crippen MR) is 79.8 cm³/mol. The first-order valence-corrected chi connectivity index (χ1v) is 7.15. The molecule has 102 valence electrons.